The molecule has 158 valence electrons. The summed E-state index contributed by atoms with van der Waals surface area (Å²) in [5.74, 6) is 3.33. The van der Waals surface area contributed by atoms with E-state index in [2.05, 4.69) is 10.3 Å². The quantitative estimate of drug-likeness (QED) is 0.494. The van der Waals surface area contributed by atoms with Gasteiger partial charge in [-0.15, -0.1) is 0 Å². The minimum Gasteiger partial charge on any atom is -0.493 e. The summed E-state index contributed by atoms with van der Waals surface area (Å²) in [6.45, 7) is 1.73. The largest absolute Gasteiger partial charge is 0.493 e. The Labute approximate surface area is 177 Å². The lowest BCUT2D eigenvalue weighted by Crippen LogP contribution is -2.40. The van der Waals surface area contributed by atoms with Crippen LogP contribution in [0, 0.1) is 0 Å². The van der Waals surface area contributed by atoms with Crippen LogP contribution in [0.1, 0.15) is 5.56 Å². The molecule has 0 aliphatic heterocycles. The number of benzene rings is 2. The van der Waals surface area contributed by atoms with Crippen LogP contribution in [-0.2, 0) is 6.54 Å². The van der Waals surface area contributed by atoms with Crippen molar-refractivity contribution in [2.24, 2.45) is 4.99 Å². The van der Waals surface area contributed by atoms with Gasteiger partial charge in [0.1, 0.15) is 12.4 Å². The second-order valence-electron chi connectivity index (χ2n) is 6.16. The number of nitrogens with one attached hydrogen (secondary N) is 1. The summed E-state index contributed by atoms with van der Waals surface area (Å²) in [5, 5.41) is 4.02. The molecule has 2 rings (SSSR count). The fourth-order valence-electron chi connectivity index (χ4n) is 2.74. The fraction of sp³-hybridized carbons (Fsp3) is 0.381. The van der Waals surface area contributed by atoms with Crippen LogP contribution in [0.15, 0.2) is 41.4 Å². The number of halogens is 1. The van der Waals surface area contributed by atoms with E-state index in [-0.39, 0.29) is 0 Å². The van der Waals surface area contributed by atoms with Crippen molar-refractivity contribution >= 4 is 17.6 Å². The molecule has 0 bridgehead atoms. The van der Waals surface area contributed by atoms with Crippen LogP contribution in [0.25, 0.3) is 0 Å². The number of likely N-dealkylation sites (N-methyl/N-ethyl adjacent to an activating group) is 1. The summed E-state index contributed by atoms with van der Waals surface area (Å²) in [6, 6.07) is 11.1. The number of ether oxygens (including phenoxy) is 4. The van der Waals surface area contributed by atoms with Crippen molar-refractivity contribution in [2.45, 2.75) is 6.54 Å². The van der Waals surface area contributed by atoms with Gasteiger partial charge in [0.25, 0.3) is 0 Å². The van der Waals surface area contributed by atoms with Gasteiger partial charge in [-0.2, -0.15) is 0 Å². The van der Waals surface area contributed by atoms with E-state index < -0.39 is 0 Å². The van der Waals surface area contributed by atoms with Gasteiger partial charge in [-0.25, -0.2) is 0 Å². The third-order valence-corrected chi connectivity index (χ3v) is 4.51. The van der Waals surface area contributed by atoms with E-state index in [0.717, 1.165) is 17.3 Å². The Kier molecular flexibility index (Phi) is 8.73. The van der Waals surface area contributed by atoms with Gasteiger partial charge in [-0.1, -0.05) is 11.6 Å². The number of guanidine groups is 1. The monoisotopic (exact) mass is 421 g/mol. The van der Waals surface area contributed by atoms with E-state index in [4.69, 9.17) is 30.5 Å². The molecule has 0 unspecified atom stereocenters. The molecule has 0 heterocycles. The molecule has 7 nitrogen and oxygen atoms in total. The zero-order valence-corrected chi connectivity index (χ0v) is 18.2. The standard InChI is InChI=1S/C21H28ClN3O4/c1-23-21(25(2)10-11-29-17-8-6-16(22)7-9-17)24-14-15-12-18(26-3)20(28-5)19(13-15)27-4/h6-9,12-13H,10-11,14H2,1-5H3,(H,23,24). The highest BCUT2D eigenvalue weighted by Gasteiger charge is 2.14. The molecule has 0 aliphatic rings. The van der Waals surface area contributed by atoms with Crippen LogP contribution in [0.3, 0.4) is 0 Å². The first-order valence-electron chi connectivity index (χ1n) is 9.11. The molecule has 2 aromatic rings. The van der Waals surface area contributed by atoms with Crippen LogP contribution >= 0.6 is 11.6 Å². The predicted molar refractivity (Wildman–Crippen MR) is 116 cm³/mol. The zero-order chi connectivity index (χ0) is 21.2. The maximum Gasteiger partial charge on any atom is 0.203 e. The van der Waals surface area contributed by atoms with Crippen molar-refractivity contribution in [2.75, 3.05) is 48.6 Å². The van der Waals surface area contributed by atoms with Crippen molar-refractivity contribution in [3.63, 3.8) is 0 Å². The Morgan fingerprint density at radius 3 is 2.17 bits per heavy atom. The minimum atomic E-state index is 0.517. The second kappa shape index (κ2) is 11.3. The SMILES string of the molecule is CN=C(NCc1cc(OC)c(OC)c(OC)c1)N(C)CCOc1ccc(Cl)cc1. The molecule has 2 aromatic carbocycles. The topological polar surface area (TPSA) is 64.6 Å². The highest BCUT2D eigenvalue weighted by Crippen LogP contribution is 2.38. The molecular formula is C21H28ClN3O4. The lowest BCUT2D eigenvalue weighted by Gasteiger charge is -2.22. The Balaban J connectivity index is 1.93. The summed E-state index contributed by atoms with van der Waals surface area (Å²) in [5.41, 5.74) is 0.978. The van der Waals surface area contributed by atoms with E-state index in [0.29, 0.717) is 42.0 Å². The smallest absolute Gasteiger partial charge is 0.203 e. The van der Waals surface area contributed by atoms with Crippen molar-refractivity contribution in [3.8, 4) is 23.0 Å². The number of hydrogen-bond donors (Lipinski definition) is 1. The molecule has 0 amide bonds. The number of rotatable bonds is 9. The Hall–Kier alpha value is -2.80. The first-order valence-corrected chi connectivity index (χ1v) is 9.49. The van der Waals surface area contributed by atoms with Gasteiger partial charge in [0.05, 0.1) is 27.9 Å². The number of nitrogens with zero attached hydrogens (tertiary/aromatic N) is 2. The number of aliphatic imine (C=N–C) groups is 1. The highest BCUT2D eigenvalue weighted by atomic mass is 35.5. The third kappa shape index (κ3) is 6.35. The Morgan fingerprint density at radius 1 is 1.03 bits per heavy atom. The number of hydrogen-bond acceptors (Lipinski definition) is 5. The summed E-state index contributed by atoms with van der Waals surface area (Å²) >= 11 is 5.89. The Morgan fingerprint density at radius 2 is 1.66 bits per heavy atom. The van der Waals surface area contributed by atoms with Gasteiger partial charge in [0.2, 0.25) is 5.75 Å². The summed E-state index contributed by atoms with van der Waals surface area (Å²) < 4.78 is 21.9. The molecule has 0 atom stereocenters. The normalized spacial score (nSPS) is 11.0. The highest BCUT2D eigenvalue weighted by molar-refractivity contribution is 6.30. The second-order valence-corrected chi connectivity index (χ2v) is 6.59. The van der Waals surface area contributed by atoms with E-state index in [1.165, 1.54) is 0 Å². The molecule has 0 saturated heterocycles. The van der Waals surface area contributed by atoms with Gasteiger partial charge in [-0.3, -0.25) is 4.99 Å². The molecule has 8 heteroatoms. The van der Waals surface area contributed by atoms with Gasteiger partial charge in [0.15, 0.2) is 17.5 Å². The molecule has 29 heavy (non-hydrogen) atoms. The van der Waals surface area contributed by atoms with Crippen LogP contribution in [0.5, 0.6) is 23.0 Å². The molecule has 0 fully saturated rings. The first-order chi connectivity index (χ1) is 14.0. The van der Waals surface area contributed by atoms with Crippen molar-refractivity contribution in [3.05, 3.63) is 47.0 Å². The summed E-state index contributed by atoms with van der Waals surface area (Å²) in [7, 11) is 8.48. The van der Waals surface area contributed by atoms with Crippen molar-refractivity contribution in [1.82, 2.24) is 10.2 Å². The maximum absolute atomic E-state index is 5.89. The lowest BCUT2D eigenvalue weighted by atomic mass is 10.2. The van der Waals surface area contributed by atoms with Crippen LogP contribution in [0.4, 0.5) is 0 Å². The van der Waals surface area contributed by atoms with E-state index in [1.54, 1.807) is 40.5 Å². The summed E-state index contributed by atoms with van der Waals surface area (Å²) in [6.07, 6.45) is 0. The van der Waals surface area contributed by atoms with Crippen molar-refractivity contribution < 1.29 is 18.9 Å². The summed E-state index contributed by atoms with van der Waals surface area (Å²) in [4.78, 5) is 6.32. The predicted octanol–water partition coefficient (Wildman–Crippen LogP) is 3.45. The van der Waals surface area contributed by atoms with Gasteiger partial charge < -0.3 is 29.2 Å². The maximum atomic E-state index is 5.89. The first kappa shape index (κ1) is 22.5. The zero-order valence-electron chi connectivity index (χ0n) is 17.5. The lowest BCUT2D eigenvalue weighted by molar-refractivity contribution is 0.281. The molecule has 0 aromatic heterocycles. The van der Waals surface area contributed by atoms with Crippen LogP contribution < -0.4 is 24.3 Å². The van der Waals surface area contributed by atoms with E-state index >= 15 is 0 Å². The van der Waals surface area contributed by atoms with Gasteiger partial charge in [0, 0.05) is 25.7 Å². The van der Waals surface area contributed by atoms with Crippen LogP contribution in [-0.4, -0.2) is 59.4 Å². The molecule has 0 radical (unpaired) electrons. The third-order valence-electron chi connectivity index (χ3n) is 4.26. The van der Waals surface area contributed by atoms with Gasteiger partial charge in [-0.05, 0) is 42.0 Å². The average molecular weight is 422 g/mol. The van der Waals surface area contributed by atoms with E-state index in [1.807, 2.05) is 36.2 Å². The molecule has 1 N–H and O–H groups in total. The van der Waals surface area contributed by atoms with E-state index in [9.17, 15) is 0 Å². The molecule has 0 aliphatic carbocycles. The molecule has 0 saturated carbocycles. The Bertz CT molecular complexity index is 787. The van der Waals surface area contributed by atoms with Crippen LogP contribution in [0.2, 0.25) is 5.02 Å². The van der Waals surface area contributed by atoms with Crippen molar-refractivity contribution in [1.29, 1.82) is 0 Å². The molecular weight excluding hydrogens is 394 g/mol. The minimum absolute atomic E-state index is 0.517. The average Bonchev–Trinajstić information content (AvgIpc) is 2.74. The number of methoxy groups -OCH3 is 3. The molecule has 0 spiro atoms. The fourth-order valence-corrected chi connectivity index (χ4v) is 2.87. The van der Waals surface area contributed by atoms with Gasteiger partial charge >= 0.3 is 0 Å².